The van der Waals surface area contributed by atoms with Gasteiger partial charge in [-0.1, -0.05) is 30.3 Å². The van der Waals surface area contributed by atoms with Crippen LogP contribution >= 0.6 is 11.8 Å². The van der Waals surface area contributed by atoms with Gasteiger partial charge in [0.05, 0.1) is 6.10 Å². The van der Waals surface area contributed by atoms with E-state index in [0.717, 1.165) is 12.1 Å². The lowest BCUT2D eigenvalue weighted by Gasteiger charge is -2.13. The zero-order valence-electron chi connectivity index (χ0n) is 11.5. The summed E-state index contributed by atoms with van der Waals surface area (Å²) in [6.45, 7) is 1.21. The molecule has 1 aromatic carbocycles. The van der Waals surface area contributed by atoms with E-state index in [2.05, 4.69) is 10.6 Å². The van der Waals surface area contributed by atoms with E-state index < -0.39 is 6.10 Å². The Labute approximate surface area is 124 Å². The van der Waals surface area contributed by atoms with Gasteiger partial charge in [0.15, 0.2) is 0 Å². The molecule has 1 aliphatic rings. The molecule has 1 heterocycles. The molecular formula is C15H22N2O2S. The third-order valence-electron chi connectivity index (χ3n) is 3.40. The molecule has 0 saturated carbocycles. The van der Waals surface area contributed by atoms with E-state index in [1.165, 1.54) is 18.6 Å². The van der Waals surface area contributed by atoms with Gasteiger partial charge in [-0.15, -0.1) is 0 Å². The number of benzene rings is 1. The van der Waals surface area contributed by atoms with Crippen LogP contribution in [0.1, 0.15) is 30.9 Å². The van der Waals surface area contributed by atoms with Crippen molar-refractivity contribution in [3.63, 3.8) is 0 Å². The molecule has 1 fully saturated rings. The van der Waals surface area contributed by atoms with Crippen LogP contribution in [-0.4, -0.2) is 35.2 Å². The van der Waals surface area contributed by atoms with Crippen molar-refractivity contribution in [2.75, 3.05) is 18.8 Å². The van der Waals surface area contributed by atoms with Gasteiger partial charge in [-0.2, -0.15) is 11.8 Å². The lowest BCUT2D eigenvalue weighted by molar-refractivity contribution is 0.167. The predicted molar refractivity (Wildman–Crippen MR) is 82.9 cm³/mol. The summed E-state index contributed by atoms with van der Waals surface area (Å²) in [4.78, 5) is 11.6. The maximum atomic E-state index is 11.6. The van der Waals surface area contributed by atoms with Gasteiger partial charge in [0.2, 0.25) is 0 Å². The van der Waals surface area contributed by atoms with Gasteiger partial charge in [0.1, 0.15) is 0 Å². The van der Waals surface area contributed by atoms with Crippen molar-refractivity contribution >= 4 is 17.8 Å². The first-order valence-electron chi connectivity index (χ1n) is 7.12. The molecule has 2 amide bonds. The van der Waals surface area contributed by atoms with Crippen LogP contribution in [0, 0.1) is 0 Å². The number of nitrogens with one attached hydrogen (secondary N) is 2. The van der Waals surface area contributed by atoms with E-state index in [1.807, 2.05) is 42.1 Å². The average molecular weight is 294 g/mol. The molecule has 5 heteroatoms. The number of hydrogen-bond donors (Lipinski definition) is 3. The fraction of sp³-hybridized carbons (Fsp3) is 0.533. The van der Waals surface area contributed by atoms with Crippen molar-refractivity contribution in [2.24, 2.45) is 0 Å². The second-order valence-corrected chi connectivity index (χ2v) is 6.40. The minimum Gasteiger partial charge on any atom is -0.388 e. The maximum Gasteiger partial charge on any atom is 0.314 e. The first-order chi connectivity index (χ1) is 9.75. The van der Waals surface area contributed by atoms with E-state index in [1.54, 1.807) is 0 Å². The zero-order chi connectivity index (χ0) is 14.2. The van der Waals surface area contributed by atoms with E-state index >= 15 is 0 Å². The molecule has 2 atom stereocenters. The molecule has 1 aliphatic heterocycles. The monoisotopic (exact) mass is 294 g/mol. The van der Waals surface area contributed by atoms with E-state index in [4.69, 9.17) is 0 Å². The van der Waals surface area contributed by atoms with Crippen molar-refractivity contribution in [3.05, 3.63) is 35.9 Å². The highest BCUT2D eigenvalue weighted by Gasteiger charge is 2.16. The maximum absolute atomic E-state index is 11.6. The number of carbonyl (C=O) groups excluding carboxylic acids is 1. The molecule has 20 heavy (non-hydrogen) atoms. The Bertz CT molecular complexity index is 408. The molecule has 3 N–H and O–H groups in total. The molecule has 2 unspecified atom stereocenters. The number of rotatable bonds is 6. The number of urea groups is 1. The minimum atomic E-state index is -0.526. The average Bonchev–Trinajstić information content (AvgIpc) is 2.99. The van der Waals surface area contributed by atoms with Gasteiger partial charge >= 0.3 is 6.03 Å². The first-order valence-corrected chi connectivity index (χ1v) is 8.17. The topological polar surface area (TPSA) is 61.4 Å². The zero-order valence-corrected chi connectivity index (χ0v) is 12.4. The third kappa shape index (κ3) is 5.06. The summed E-state index contributed by atoms with van der Waals surface area (Å²) < 4.78 is 0. The fourth-order valence-electron chi connectivity index (χ4n) is 2.24. The first kappa shape index (κ1) is 15.2. The summed E-state index contributed by atoms with van der Waals surface area (Å²) in [5.74, 6) is 1.21. The number of aliphatic hydroxyl groups is 1. The molecule has 1 aromatic rings. The normalized spacial score (nSPS) is 19.6. The largest absolute Gasteiger partial charge is 0.388 e. The molecule has 0 bridgehead atoms. The Balaban J connectivity index is 1.59. The van der Waals surface area contributed by atoms with Gasteiger partial charge in [-0.25, -0.2) is 4.79 Å². The molecule has 4 nitrogen and oxygen atoms in total. The highest BCUT2D eigenvalue weighted by Crippen LogP contribution is 2.25. The highest BCUT2D eigenvalue weighted by atomic mass is 32.2. The van der Waals surface area contributed by atoms with Gasteiger partial charge < -0.3 is 15.7 Å². The summed E-state index contributed by atoms with van der Waals surface area (Å²) in [5.41, 5.74) is 0.886. The Morgan fingerprint density at radius 1 is 1.35 bits per heavy atom. The fourth-order valence-corrected chi connectivity index (χ4v) is 3.44. The predicted octanol–water partition coefficient (Wildman–Crippen LogP) is 2.30. The van der Waals surface area contributed by atoms with Gasteiger partial charge in [-0.3, -0.25) is 0 Å². The molecule has 1 saturated heterocycles. The molecule has 0 spiro atoms. The standard InChI is InChI=1S/C15H22N2O2S/c18-14(12-5-2-1-3-6-12)8-9-16-15(19)17-11-13-7-4-10-20-13/h1-3,5-6,13-14,18H,4,7-11H2,(H2,16,17,19). The summed E-state index contributed by atoms with van der Waals surface area (Å²) in [6, 6.07) is 9.36. The second-order valence-electron chi connectivity index (χ2n) is 4.99. The lowest BCUT2D eigenvalue weighted by atomic mass is 10.1. The Morgan fingerprint density at radius 2 is 2.15 bits per heavy atom. The summed E-state index contributed by atoms with van der Waals surface area (Å²) in [7, 11) is 0. The van der Waals surface area contributed by atoms with Crippen LogP contribution in [0.4, 0.5) is 4.79 Å². The second kappa shape index (κ2) is 8.17. The molecule has 0 aromatic heterocycles. The Hall–Kier alpha value is -1.20. The minimum absolute atomic E-state index is 0.141. The van der Waals surface area contributed by atoms with Crippen LogP contribution in [0.3, 0.4) is 0 Å². The Kier molecular flexibility index (Phi) is 6.21. The quantitative estimate of drug-likeness (QED) is 0.754. The van der Waals surface area contributed by atoms with Crippen LogP contribution < -0.4 is 10.6 Å². The van der Waals surface area contributed by atoms with E-state index in [-0.39, 0.29) is 6.03 Å². The number of amides is 2. The smallest absolute Gasteiger partial charge is 0.314 e. The summed E-state index contributed by atoms with van der Waals surface area (Å²) in [6.07, 6.45) is 2.44. The highest BCUT2D eigenvalue weighted by molar-refractivity contribution is 8.00. The van der Waals surface area contributed by atoms with Crippen LogP contribution in [0.25, 0.3) is 0 Å². The summed E-state index contributed by atoms with van der Waals surface area (Å²) >= 11 is 1.93. The molecule has 2 rings (SSSR count). The number of hydrogen-bond acceptors (Lipinski definition) is 3. The van der Waals surface area contributed by atoms with Crippen molar-refractivity contribution in [2.45, 2.75) is 30.6 Å². The van der Waals surface area contributed by atoms with Crippen molar-refractivity contribution in [3.8, 4) is 0 Å². The molecular weight excluding hydrogens is 272 g/mol. The third-order valence-corrected chi connectivity index (χ3v) is 4.80. The van der Waals surface area contributed by atoms with Crippen LogP contribution in [-0.2, 0) is 0 Å². The van der Waals surface area contributed by atoms with Crippen LogP contribution in [0.2, 0.25) is 0 Å². The van der Waals surface area contributed by atoms with E-state index in [0.29, 0.717) is 18.2 Å². The molecule has 110 valence electrons. The van der Waals surface area contributed by atoms with Crippen molar-refractivity contribution in [1.29, 1.82) is 0 Å². The molecule has 0 aliphatic carbocycles. The number of carbonyl (C=O) groups is 1. The van der Waals surface area contributed by atoms with Crippen LogP contribution in [0.5, 0.6) is 0 Å². The van der Waals surface area contributed by atoms with Gasteiger partial charge in [0, 0.05) is 18.3 Å². The summed E-state index contributed by atoms with van der Waals surface area (Å²) in [5, 5.41) is 16.2. The van der Waals surface area contributed by atoms with E-state index in [9.17, 15) is 9.90 Å². The Morgan fingerprint density at radius 3 is 2.85 bits per heavy atom. The number of thioether (sulfide) groups is 1. The van der Waals surface area contributed by atoms with Crippen LogP contribution in [0.15, 0.2) is 30.3 Å². The number of aliphatic hydroxyl groups excluding tert-OH is 1. The molecule has 0 radical (unpaired) electrons. The van der Waals surface area contributed by atoms with Crippen molar-refractivity contribution in [1.82, 2.24) is 10.6 Å². The lowest BCUT2D eigenvalue weighted by Crippen LogP contribution is -2.39. The van der Waals surface area contributed by atoms with Crippen molar-refractivity contribution < 1.29 is 9.90 Å². The van der Waals surface area contributed by atoms with Gasteiger partial charge in [0.25, 0.3) is 0 Å². The van der Waals surface area contributed by atoms with Gasteiger partial charge in [-0.05, 0) is 30.6 Å². The SMILES string of the molecule is O=C(NCCC(O)c1ccccc1)NCC1CCCS1.